The van der Waals surface area contributed by atoms with Gasteiger partial charge in [-0.3, -0.25) is 23.2 Å². The van der Waals surface area contributed by atoms with Crippen LogP contribution in [0.25, 0.3) is 0 Å². The molecule has 2 heterocycles. The van der Waals surface area contributed by atoms with Gasteiger partial charge in [-0.05, 0) is 30.7 Å². The summed E-state index contributed by atoms with van der Waals surface area (Å²) in [6, 6.07) is 1.25. The third kappa shape index (κ3) is 27.7. The second-order valence-corrected chi connectivity index (χ2v) is 21.4. The van der Waals surface area contributed by atoms with E-state index in [0.717, 1.165) is 67.8 Å². The van der Waals surface area contributed by atoms with Crippen LogP contribution in [0.5, 0.6) is 0 Å². The van der Waals surface area contributed by atoms with Crippen LogP contribution in [0.3, 0.4) is 0 Å². The van der Waals surface area contributed by atoms with Crippen LogP contribution in [0.2, 0.25) is 0 Å². The molecule has 1 aliphatic rings. The van der Waals surface area contributed by atoms with Crippen LogP contribution in [-0.4, -0.2) is 85.7 Å². The maximum Gasteiger partial charge on any atom is 0.481 e. The maximum atomic E-state index is 12.8. The fourth-order valence-electron chi connectivity index (χ4n) is 7.65. The molecule has 0 amide bonds. The van der Waals surface area contributed by atoms with Crippen molar-refractivity contribution in [2.75, 3.05) is 25.6 Å². The molecule has 1 fully saturated rings. The van der Waals surface area contributed by atoms with E-state index in [2.05, 4.69) is 37.0 Å². The van der Waals surface area contributed by atoms with Gasteiger partial charge < -0.3 is 39.9 Å². The average Bonchev–Trinajstić information content (AvgIpc) is 3.53. The number of phosphoric acid groups is 2. The molecule has 4 unspecified atom stereocenters. The van der Waals surface area contributed by atoms with Crippen molar-refractivity contribution in [3.05, 3.63) is 22.7 Å². The van der Waals surface area contributed by atoms with Crippen LogP contribution in [0.4, 0.5) is 5.82 Å². The molecule has 0 aliphatic carbocycles. The maximum absolute atomic E-state index is 12.8. The molecule has 1 aromatic heterocycles. The summed E-state index contributed by atoms with van der Waals surface area (Å²) in [5.41, 5.74) is 4.59. The second kappa shape index (κ2) is 34.1. The number of anilines is 1. The van der Waals surface area contributed by atoms with Crippen molar-refractivity contribution in [2.45, 2.75) is 225 Å². The van der Waals surface area contributed by atoms with Gasteiger partial charge in [-0.2, -0.15) is 9.29 Å². The summed E-state index contributed by atoms with van der Waals surface area (Å²) in [4.78, 5) is 61.8. The van der Waals surface area contributed by atoms with Crippen molar-refractivity contribution < 1.29 is 66.3 Å². The molecule has 0 aromatic carbocycles. The number of hydrogen-bond donors (Lipinski definition) is 5. The van der Waals surface area contributed by atoms with Gasteiger partial charge >= 0.3 is 33.3 Å². The first-order chi connectivity index (χ1) is 31.4. The lowest BCUT2D eigenvalue weighted by molar-refractivity contribution is -0.161. The van der Waals surface area contributed by atoms with Crippen LogP contribution >= 0.6 is 15.6 Å². The Labute approximate surface area is 393 Å². The van der Waals surface area contributed by atoms with E-state index in [-0.39, 0.29) is 18.7 Å². The summed E-state index contributed by atoms with van der Waals surface area (Å²) in [5.74, 6) is 0.287. The summed E-state index contributed by atoms with van der Waals surface area (Å²) in [6.07, 6.45) is 20.6. The van der Waals surface area contributed by atoms with Gasteiger partial charge in [-0.15, -0.1) is 0 Å². The predicted molar refractivity (Wildman–Crippen MR) is 252 cm³/mol. The highest BCUT2D eigenvalue weighted by Gasteiger charge is 2.46. The SMILES string of the molecule is CCC(C)CCCCCCCCCCCCC(=O)OC[C@H](COP(=O)(O)OP(=O)(O)OC[C@H]1O[C@@H](n2ccc(N)nc2=O)C(O)[C@H]1O)OC(=O)CCCCCCCCCCCCCC(C)C. The minimum atomic E-state index is -5.42. The molecule has 1 aliphatic heterocycles. The number of carbonyl (C=O) groups is 2. The predicted octanol–water partition coefficient (Wildman–Crippen LogP) is 9.60. The molecule has 6 N–H and O–H groups in total. The highest BCUT2D eigenvalue weighted by Crippen LogP contribution is 2.60. The number of rotatable bonds is 40. The van der Waals surface area contributed by atoms with Crippen LogP contribution in [0, 0.1) is 11.8 Å². The molecule has 0 saturated carbocycles. The zero-order chi connectivity index (χ0) is 48.8. The van der Waals surface area contributed by atoms with Gasteiger partial charge in [0.1, 0.15) is 30.7 Å². The Kier molecular flexibility index (Phi) is 31.0. The molecule has 0 radical (unpaired) electrons. The molecule has 8 atom stereocenters. The molecule has 18 nitrogen and oxygen atoms in total. The number of nitrogens with two attached hydrogens (primary N) is 1. The topological polar surface area (TPSA) is 265 Å². The lowest BCUT2D eigenvalue weighted by Crippen LogP contribution is -2.36. The molecule has 66 heavy (non-hydrogen) atoms. The molecule has 384 valence electrons. The highest BCUT2D eigenvalue weighted by molar-refractivity contribution is 7.61. The average molecular weight is 982 g/mol. The van der Waals surface area contributed by atoms with Gasteiger partial charge in [0.2, 0.25) is 0 Å². The number of aromatic nitrogens is 2. The van der Waals surface area contributed by atoms with Gasteiger partial charge in [0.25, 0.3) is 0 Å². The van der Waals surface area contributed by atoms with Gasteiger partial charge in [0, 0.05) is 19.0 Å². The molecule has 0 spiro atoms. The number of phosphoric ester groups is 2. The minimum absolute atomic E-state index is 0.0557. The molecule has 1 saturated heterocycles. The fourth-order valence-corrected chi connectivity index (χ4v) is 9.76. The van der Waals surface area contributed by atoms with Gasteiger partial charge in [0.15, 0.2) is 12.3 Å². The zero-order valence-electron chi connectivity index (χ0n) is 40.3. The van der Waals surface area contributed by atoms with Crippen molar-refractivity contribution in [3.8, 4) is 0 Å². The highest BCUT2D eigenvalue weighted by atomic mass is 31.3. The Morgan fingerprint density at radius 2 is 1.21 bits per heavy atom. The summed E-state index contributed by atoms with van der Waals surface area (Å²) >= 11 is 0. The lowest BCUT2D eigenvalue weighted by atomic mass is 9.99. The van der Waals surface area contributed by atoms with E-state index in [9.17, 15) is 43.5 Å². The first-order valence-electron chi connectivity index (χ1n) is 24.8. The second-order valence-electron chi connectivity index (χ2n) is 18.4. The van der Waals surface area contributed by atoms with Crippen molar-refractivity contribution in [2.24, 2.45) is 11.8 Å². The molecule has 1 aromatic rings. The van der Waals surface area contributed by atoms with Crippen LogP contribution < -0.4 is 11.4 Å². The number of nitrogens with zero attached hydrogens (tertiary/aromatic N) is 2. The first kappa shape index (κ1) is 59.9. The molecule has 20 heteroatoms. The number of ether oxygens (including phenoxy) is 3. The molecular formula is C46H85N3O15P2. The quantitative estimate of drug-likeness (QED) is 0.0233. The van der Waals surface area contributed by atoms with E-state index >= 15 is 0 Å². The van der Waals surface area contributed by atoms with E-state index in [1.165, 1.54) is 102 Å². The minimum Gasteiger partial charge on any atom is -0.462 e. The number of carbonyl (C=O) groups excluding carboxylic acids is 2. The first-order valence-corrected chi connectivity index (χ1v) is 27.8. The monoisotopic (exact) mass is 982 g/mol. The summed E-state index contributed by atoms with van der Waals surface area (Å²) in [6.45, 7) is 6.78. The number of aliphatic hydroxyl groups excluding tert-OH is 2. The largest absolute Gasteiger partial charge is 0.481 e. The molecular weight excluding hydrogens is 896 g/mol. The summed E-state index contributed by atoms with van der Waals surface area (Å²) in [7, 11) is -10.8. The Hall–Kier alpha value is -2.24. The Morgan fingerprint density at radius 1 is 0.727 bits per heavy atom. The number of nitrogen functional groups attached to an aromatic ring is 1. The number of unbranched alkanes of at least 4 members (excludes halogenated alkanes) is 19. The molecule has 2 rings (SSSR count). The number of esters is 2. The van der Waals surface area contributed by atoms with Crippen LogP contribution in [0.1, 0.15) is 201 Å². The summed E-state index contributed by atoms with van der Waals surface area (Å²) < 4.78 is 56.7. The number of hydrogen-bond acceptors (Lipinski definition) is 15. The third-order valence-corrected chi connectivity index (χ3v) is 14.5. The zero-order valence-corrected chi connectivity index (χ0v) is 42.1. The lowest BCUT2D eigenvalue weighted by Gasteiger charge is -2.21. The molecule has 0 bridgehead atoms. The van der Waals surface area contributed by atoms with Crippen LogP contribution in [0.15, 0.2) is 17.1 Å². The Balaban J connectivity index is 1.81. The Morgan fingerprint density at radius 3 is 1.73 bits per heavy atom. The van der Waals surface area contributed by atoms with E-state index < -0.39 is 83.7 Å². The van der Waals surface area contributed by atoms with Crippen molar-refractivity contribution in [1.29, 1.82) is 0 Å². The smallest absolute Gasteiger partial charge is 0.462 e. The van der Waals surface area contributed by atoms with Crippen LogP contribution in [-0.2, 0) is 46.3 Å². The van der Waals surface area contributed by atoms with Crippen molar-refractivity contribution in [3.63, 3.8) is 0 Å². The van der Waals surface area contributed by atoms with E-state index in [1.54, 1.807) is 0 Å². The van der Waals surface area contributed by atoms with E-state index in [4.69, 9.17) is 29.0 Å². The standard InChI is InChI=1S/C46H85N3O15P2/c1-5-37(4)28-24-20-16-12-9-10-13-17-21-25-29-41(50)59-33-38(62-42(51)30-26-22-18-14-8-6-7-11-15-19-23-27-36(2)3)34-60-65(55,56)64-66(57,58)61-35-39-43(52)44(53)45(63-39)49-32-31-40(47)48-46(49)54/h31-32,36-39,43-45,52-53H,5-30,33-35H2,1-4H3,(H,55,56)(H,57,58)(H2,47,48,54)/t37?,38-,39-,43+,44?,45-/m1/s1. The van der Waals surface area contributed by atoms with Gasteiger partial charge in [-0.1, -0.05) is 169 Å². The van der Waals surface area contributed by atoms with Gasteiger partial charge in [-0.25, -0.2) is 13.9 Å². The Bertz CT molecular complexity index is 1640. The third-order valence-electron chi connectivity index (χ3n) is 11.9. The fraction of sp³-hybridized carbons (Fsp3) is 0.870. The van der Waals surface area contributed by atoms with Gasteiger partial charge in [0.05, 0.1) is 13.2 Å². The normalized spacial score (nSPS) is 20.2. The van der Waals surface area contributed by atoms with Crippen molar-refractivity contribution >= 4 is 33.4 Å². The van der Waals surface area contributed by atoms with E-state index in [1.807, 2.05) is 0 Å². The number of aliphatic hydroxyl groups is 2. The van der Waals surface area contributed by atoms with Crippen molar-refractivity contribution in [1.82, 2.24) is 9.55 Å². The summed E-state index contributed by atoms with van der Waals surface area (Å²) in [5, 5.41) is 20.9. The van der Waals surface area contributed by atoms with E-state index in [0.29, 0.717) is 12.8 Å².